The summed E-state index contributed by atoms with van der Waals surface area (Å²) in [6.07, 6.45) is 5.75. The van der Waals surface area contributed by atoms with Crippen LogP contribution in [0.2, 0.25) is 0 Å². The van der Waals surface area contributed by atoms with Crippen LogP contribution >= 0.6 is 0 Å². The number of rotatable bonds is 7. The number of hydrogen-bond donors (Lipinski definition) is 0. The molecule has 1 aliphatic carbocycles. The van der Waals surface area contributed by atoms with E-state index >= 15 is 0 Å². The SMILES string of the molecule is O=C1CCC(N(CCc2ccccc2)CCc2ccccc2)CC1. The number of Topliss-reactive ketones (excluding diaryl/α,β-unsaturated/α-hetero) is 1. The van der Waals surface area contributed by atoms with E-state index < -0.39 is 0 Å². The molecule has 0 aromatic heterocycles. The summed E-state index contributed by atoms with van der Waals surface area (Å²) in [6, 6.07) is 22.0. The Kier molecular flexibility index (Phi) is 6.20. The molecule has 1 aliphatic rings. The van der Waals surface area contributed by atoms with Crippen molar-refractivity contribution in [1.29, 1.82) is 0 Å². The number of ketones is 1. The van der Waals surface area contributed by atoms with Crippen LogP contribution in [0.4, 0.5) is 0 Å². The van der Waals surface area contributed by atoms with Gasteiger partial charge in [-0.25, -0.2) is 0 Å². The lowest BCUT2D eigenvalue weighted by molar-refractivity contribution is -0.121. The Labute approximate surface area is 145 Å². The molecule has 0 spiro atoms. The smallest absolute Gasteiger partial charge is 0.133 e. The molecule has 2 heteroatoms. The lowest BCUT2D eigenvalue weighted by Gasteiger charge is -2.34. The molecule has 24 heavy (non-hydrogen) atoms. The van der Waals surface area contributed by atoms with Crippen molar-refractivity contribution < 1.29 is 4.79 Å². The summed E-state index contributed by atoms with van der Waals surface area (Å²) >= 11 is 0. The Morgan fingerprint density at radius 2 is 1.21 bits per heavy atom. The molecule has 0 bridgehead atoms. The topological polar surface area (TPSA) is 20.3 Å². The summed E-state index contributed by atoms with van der Waals surface area (Å²) in [5.74, 6) is 0.442. The fourth-order valence-electron chi connectivity index (χ4n) is 3.60. The van der Waals surface area contributed by atoms with Gasteiger partial charge in [0.1, 0.15) is 5.78 Å². The number of carbonyl (C=O) groups is 1. The van der Waals surface area contributed by atoms with Gasteiger partial charge in [-0.15, -0.1) is 0 Å². The molecule has 0 N–H and O–H groups in total. The lowest BCUT2D eigenvalue weighted by atomic mass is 9.92. The predicted molar refractivity (Wildman–Crippen MR) is 99.1 cm³/mol. The normalized spacial score (nSPS) is 15.8. The Morgan fingerprint density at radius 3 is 1.67 bits per heavy atom. The van der Waals surface area contributed by atoms with E-state index in [2.05, 4.69) is 65.6 Å². The molecule has 2 aromatic carbocycles. The van der Waals surface area contributed by atoms with E-state index in [1.165, 1.54) is 11.1 Å². The Bertz CT molecular complexity index is 569. The first-order valence-corrected chi connectivity index (χ1v) is 9.15. The van der Waals surface area contributed by atoms with Gasteiger partial charge in [-0.1, -0.05) is 60.7 Å². The molecule has 1 fully saturated rings. The molecule has 0 heterocycles. The number of benzene rings is 2. The minimum Gasteiger partial charge on any atom is -0.300 e. The highest BCUT2D eigenvalue weighted by Gasteiger charge is 2.24. The van der Waals surface area contributed by atoms with Gasteiger partial charge in [-0.3, -0.25) is 9.69 Å². The molecule has 0 unspecified atom stereocenters. The molecule has 2 nitrogen and oxygen atoms in total. The molecule has 0 aliphatic heterocycles. The lowest BCUT2D eigenvalue weighted by Crippen LogP contribution is -2.40. The van der Waals surface area contributed by atoms with Gasteiger partial charge in [0.2, 0.25) is 0 Å². The van der Waals surface area contributed by atoms with Crippen molar-refractivity contribution in [3.63, 3.8) is 0 Å². The molecule has 2 aromatic rings. The van der Waals surface area contributed by atoms with E-state index in [-0.39, 0.29) is 0 Å². The van der Waals surface area contributed by atoms with Gasteiger partial charge in [-0.05, 0) is 36.8 Å². The molecule has 0 atom stereocenters. The molecular formula is C22H27NO. The molecule has 126 valence electrons. The van der Waals surface area contributed by atoms with Gasteiger partial charge in [0.15, 0.2) is 0 Å². The summed E-state index contributed by atoms with van der Waals surface area (Å²) in [7, 11) is 0. The average Bonchev–Trinajstić information content (AvgIpc) is 2.64. The summed E-state index contributed by atoms with van der Waals surface area (Å²) < 4.78 is 0. The van der Waals surface area contributed by atoms with Crippen LogP contribution < -0.4 is 0 Å². The summed E-state index contributed by atoms with van der Waals surface area (Å²) in [5, 5.41) is 0. The van der Waals surface area contributed by atoms with E-state index in [0.29, 0.717) is 11.8 Å². The zero-order chi connectivity index (χ0) is 16.6. The minimum atomic E-state index is 0.442. The maximum atomic E-state index is 11.6. The van der Waals surface area contributed by atoms with Gasteiger partial charge in [0.25, 0.3) is 0 Å². The first kappa shape index (κ1) is 16.9. The Hall–Kier alpha value is -1.93. The maximum Gasteiger partial charge on any atom is 0.133 e. The third kappa shape index (κ3) is 5.04. The maximum absolute atomic E-state index is 11.6. The van der Waals surface area contributed by atoms with Crippen molar-refractivity contribution in [2.75, 3.05) is 13.1 Å². The molecule has 0 saturated heterocycles. The van der Waals surface area contributed by atoms with Crippen molar-refractivity contribution in [3.8, 4) is 0 Å². The van der Waals surface area contributed by atoms with Crippen LogP contribution in [0, 0.1) is 0 Å². The Balaban J connectivity index is 1.60. The van der Waals surface area contributed by atoms with Crippen LogP contribution in [0.25, 0.3) is 0 Å². The van der Waals surface area contributed by atoms with Crippen molar-refractivity contribution in [3.05, 3.63) is 71.8 Å². The van der Waals surface area contributed by atoms with Crippen molar-refractivity contribution in [1.82, 2.24) is 4.90 Å². The fourth-order valence-corrected chi connectivity index (χ4v) is 3.60. The second-order valence-corrected chi connectivity index (χ2v) is 6.78. The quantitative estimate of drug-likeness (QED) is 0.758. The number of carbonyl (C=O) groups excluding carboxylic acids is 1. The first-order chi connectivity index (χ1) is 11.8. The van der Waals surface area contributed by atoms with Gasteiger partial charge in [-0.2, -0.15) is 0 Å². The van der Waals surface area contributed by atoms with Crippen molar-refractivity contribution in [2.24, 2.45) is 0 Å². The highest BCUT2D eigenvalue weighted by atomic mass is 16.1. The van der Waals surface area contributed by atoms with Crippen molar-refractivity contribution >= 4 is 5.78 Å². The highest BCUT2D eigenvalue weighted by molar-refractivity contribution is 5.79. The summed E-state index contributed by atoms with van der Waals surface area (Å²) in [4.78, 5) is 14.2. The standard InChI is InChI=1S/C22H27NO/c24-22-13-11-21(12-14-22)23(17-15-19-7-3-1-4-8-19)18-16-20-9-5-2-6-10-20/h1-10,21H,11-18H2. The number of hydrogen-bond acceptors (Lipinski definition) is 2. The van der Waals surface area contributed by atoms with E-state index in [1.54, 1.807) is 0 Å². The molecule has 3 rings (SSSR count). The van der Waals surface area contributed by atoms with Crippen LogP contribution in [0.15, 0.2) is 60.7 Å². The zero-order valence-electron chi connectivity index (χ0n) is 14.4. The Morgan fingerprint density at radius 1 is 0.750 bits per heavy atom. The predicted octanol–water partition coefficient (Wildman–Crippen LogP) is 4.29. The molecule has 0 radical (unpaired) electrons. The molecule has 0 amide bonds. The second-order valence-electron chi connectivity index (χ2n) is 6.78. The van der Waals surface area contributed by atoms with Gasteiger partial charge in [0, 0.05) is 32.0 Å². The fraction of sp³-hybridized carbons (Fsp3) is 0.409. The number of nitrogens with zero attached hydrogens (tertiary/aromatic N) is 1. The average molecular weight is 321 g/mol. The minimum absolute atomic E-state index is 0.442. The first-order valence-electron chi connectivity index (χ1n) is 9.15. The van der Waals surface area contributed by atoms with Gasteiger partial charge in [0.05, 0.1) is 0 Å². The van der Waals surface area contributed by atoms with Gasteiger partial charge < -0.3 is 0 Å². The highest BCUT2D eigenvalue weighted by Crippen LogP contribution is 2.21. The molecule has 1 saturated carbocycles. The molecular weight excluding hydrogens is 294 g/mol. The summed E-state index contributed by atoms with van der Waals surface area (Å²) in [6.45, 7) is 2.16. The van der Waals surface area contributed by atoms with Crippen LogP contribution in [0.1, 0.15) is 36.8 Å². The van der Waals surface area contributed by atoms with Gasteiger partial charge >= 0.3 is 0 Å². The van der Waals surface area contributed by atoms with Crippen LogP contribution in [-0.2, 0) is 17.6 Å². The van der Waals surface area contributed by atoms with E-state index in [9.17, 15) is 4.79 Å². The van der Waals surface area contributed by atoms with Crippen LogP contribution in [0.5, 0.6) is 0 Å². The van der Waals surface area contributed by atoms with E-state index in [1.807, 2.05) is 0 Å². The third-order valence-corrected chi connectivity index (χ3v) is 5.09. The third-order valence-electron chi connectivity index (χ3n) is 5.09. The zero-order valence-corrected chi connectivity index (χ0v) is 14.4. The van der Waals surface area contributed by atoms with E-state index in [0.717, 1.165) is 51.6 Å². The second kappa shape index (κ2) is 8.79. The monoisotopic (exact) mass is 321 g/mol. The van der Waals surface area contributed by atoms with Crippen LogP contribution in [0.3, 0.4) is 0 Å². The largest absolute Gasteiger partial charge is 0.300 e. The van der Waals surface area contributed by atoms with E-state index in [4.69, 9.17) is 0 Å². The van der Waals surface area contributed by atoms with Crippen LogP contribution in [-0.4, -0.2) is 29.8 Å². The summed E-state index contributed by atoms with van der Waals surface area (Å²) in [5.41, 5.74) is 2.79. The van der Waals surface area contributed by atoms with Crippen molar-refractivity contribution in [2.45, 2.75) is 44.6 Å².